The summed E-state index contributed by atoms with van der Waals surface area (Å²) in [5.41, 5.74) is 2.61. The van der Waals surface area contributed by atoms with Crippen LogP contribution in [-0.4, -0.2) is 13.2 Å². The molecule has 0 radical (unpaired) electrons. The van der Waals surface area contributed by atoms with Gasteiger partial charge in [0.25, 0.3) is 0 Å². The van der Waals surface area contributed by atoms with Crippen molar-refractivity contribution in [3.8, 4) is 5.75 Å². The van der Waals surface area contributed by atoms with Gasteiger partial charge >= 0.3 is 0 Å². The Bertz CT molecular complexity index is 521. The van der Waals surface area contributed by atoms with E-state index in [0.29, 0.717) is 6.61 Å². The van der Waals surface area contributed by atoms with Gasteiger partial charge in [-0.3, -0.25) is 0 Å². The van der Waals surface area contributed by atoms with E-state index in [9.17, 15) is 0 Å². The summed E-state index contributed by atoms with van der Waals surface area (Å²) in [5.74, 6) is 0.942. The van der Waals surface area contributed by atoms with Crippen LogP contribution in [0, 0.1) is 6.92 Å². The molecule has 0 amide bonds. The quantitative estimate of drug-likeness (QED) is 0.855. The van der Waals surface area contributed by atoms with Gasteiger partial charge in [-0.15, -0.1) is 11.3 Å². The summed E-state index contributed by atoms with van der Waals surface area (Å²) in [6, 6.07) is 10.8. The number of thiophene rings is 1. The van der Waals surface area contributed by atoms with Crippen molar-refractivity contribution in [1.82, 2.24) is 5.32 Å². The zero-order valence-corrected chi connectivity index (χ0v) is 12.6. The number of nitrogens with one attached hydrogen (secondary N) is 1. The van der Waals surface area contributed by atoms with Gasteiger partial charge in [0, 0.05) is 4.88 Å². The molecule has 0 fully saturated rings. The largest absolute Gasteiger partial charge is 0.494 e. The van der Waals surface area contributed by atoms with Crippen LogP contribution in [0.2, 0.25) is 0 Å². The van der Waals surface area contributed by atoms with E-state index < -0.39 is 0 Å². The van der Waals surface area contributed by atoms with Gasteiger partial charge in [0.1, 0.15) is 5.75 Å². The maximum absolute atomic E-state index is 5.60. The smallest absolute Gasteiger partial charge is 0.119 e. The summed E-state index contributed by atoms with van der Waals surface area (Å²) in [5, 5.41) is 5.72. The molecule has 2 nitrogen and oxygen atoms in total. The molecule has 3 heteroatoms. The lowest BCUT2D eigenvalue weighted by Gasteiger charge is -2.19. The molecule has 2 rings (SSSR count). The lowest BCUT2D eigenvalue weighted by molar-refractivity contribution is 0.339. The van der Waals surface area contributed by atoms with Crippen molar-refractivity contribution < 1.29 is 4.74 Å². The fraction of sp³-hybridized carbons (Fsp3) is 0.375. The Morgan fingerprint density at radius 2 is 2.11 bits per heavy atom. The van der Waals surface area contributed by atoms with E-state index in [1.807, 2.05) is 24.3 Å². The molecule has 1 atom stereocenters. The van der Waals surface area contributed by atoms with Crippen LogP contribution in [0.15, 0.2) is 35.7 Å². The van der Waals surface area contributed by atoms with Crippen LogP contribution in [0.25, 0.3) is 0 Å². The van der Waals surface area contributed by atoms with E-state index in [-0.39, 0.29) is 6.04 Å². The van der Waals surface area contributed by atoms with Gasteiger partial charge in [0.05, 0.1) is 12.6 Å². The van der Waals surface area contributed by atoms with Crippen molar-refractivity contribution >= 4 is 11.3 Å². The van der Waals surface area contributed by atoms with Gasteiger partial charge < -0.3 is 10.1 Å². The highest BCUT2D eigenvalue weighted by Crippen LogP contribution is 2.30. The van der Waals surface area contributed by atoms with Crippen molar-refractivity contribution in [3.05, 3.63) is 51.7 Å². The Labute approximate surface area is 119 Å². The SMILES string of the molecule is CCNC(c1cccc(OCC)c1)c1sccc1C. The van der Waals surface area contributed by atoms with Crippen molar-refractivity contribution in [3.63, 3.8) is 0 Å². The van der Waals surface area contributed by atoms with Gasteiger partial charge in [-0.25, -0.2) is 0 Å². The van der Waals surface area contributed by atoms with E-state index in [2.05, 4.69) is 48.8 Å². The van der Waals surface area contributed by atoms with Gasteiger partial charge in [-0.05, 0) is 55.1 Å². The van der Waals surface area contributed by atoms with Crippen molar-refractivity contribution in [1.29, 1.82) is 0 Å². The summed E-state index contributed by atoms with van der Waals surface area (Å²) in [6.07, 6.45) is 0. The molecule has 0 saturated heterocycles. The molecule has 102 valence electrons. The molecule has 1 N–H and O–H groups in total. The Morgan fingerprint density at radius 3 is 2.74 bits per heavy atom. The highest BCUT2D eigenvalue weighted by Gasteiger charge is 2.16. The summed E-state index contributed by atoms with van der Waals surface area (Å²) < 4.78 is 5.60. The molecule has 1 heterocycles. The molecular formula is C16H21NOS. The highest BCUT2D eigenvalue weighted by atomic mass is 32.1. The minimum Gasteiger partial charge on any atom is -0.494 e. The lowest BCUT2D eigenvalue weighted by atomic mass is 10.0. The van der Waals surface area contributed by atoms with Gasteiger partial charge in [-0.1, -0.05) is 19.1 Å². The zero-order chi connectivity index (χ0) is 13.7. The molecule has 0 bridgehead atoms. The maximum Gasteiger partial charge on any atom is 0.119 e. The van der Waals surface area contributed by atoms with Gasteiger partial charge in [0.2, 0.25) is 0 Å². The average molecular weight is 275 g/mol. The zero-order valence-electron chi connectivity index (χ0n) is 11.8. The Hall–Kier alpha value is -1.32. The van der Waals surface area contributed by atoms with Crippen molar-refractivity contribution in [2.24, 2.45) is 0 Å². The minimum absolute atomic E-state index is 0.255. The number of hydrogen-bond donors (Lipinski definition) is 1. The number of aryl methyl sites for hydroxylation is 1. The van der Waals surface area contributed by atoms with Crippen LogP contribution in [0.1, 0.15) is 35.9 Å². The normalized spacial score (nSPS) is 12.4. The van der Waals surface area contributed by atoms with E-state index in [4.69, 9.17) is 4.74 Å². The molecule has 2 aromatic rings. The fourth-order valence-corrected chi connectivity index (χ4v) is 3.22. The molecule has 0 saturated carbocycles. The molecule has 0 aliphatic carbocycles. The lowest BCUT2D eigenvalue weighted by Crippen LogP contribution is -2.21. The first kappa shape index (κ1) is 14.1. The molecule has 1 unspecified atom stereocenters. The second kappa shape index (κ2) is 6.73. The predicted molar refractivity (Wildman–Crippen MR) is 82.2 cm³/mol. The third kappa shape index (κ3) is 3.37. The first-order chi connectivity index (χ1) is 9.26. The Balaban J connectivity index is 2.33. The fourth-order valence-electron chi connectivity index (χ4n) is 2.20. The average Bonchev–Trinajstić information content (AvgIpc) is 2.83. The molecule has 0 aliphatic rings. The Kier molecular flexibility index (Phi) is 5.00. The van der Waals surface area contributed by atoms with Crippen molar-refractivity contribution in [2.45, 2.75) is 26.8 Å². The van der Waals surface area contributed by atoms with Crippen LogP contribution in [0.5, 0.6) is 5.75 Å². The van der Waals surface area contributed by atoms with E-state index in [0.717, 1.165) is 12.3 Å². The molecule has 1 aromatic heterocycles. The van der Waals surface area contributed by atoms with Crippen LogP contribution in [0.4, 0.5) is 0 Å². The molecule has 0 spiro atoms. The number of rotatable bonds is 6. The summed E-state index contributed by atoms with van der Waals surface area (Å²) in [4.78, 5) is 1.38. The predicted octanol–water partition coefficient (Wildman–Crippen LogP) is 4.15. The summed E-state index contributed by atoms with van der Waals surface area (Å²) in [6.45, 7) is 7.97. The molecule has 19 heavy (non-hydrogen) atoms. The number of hydrogen-bond acceptors (Lipinski definition) is 3. The van der Waals surface area contributed by atoms with E-state index in [1.165, 1.54) is 16.0 Å². The van der Waals surface area contributed by atoms with Crippen LogP contribution < -0.4 is 10.1 Å². The molecule has 0 aliphatic heterocycles. The van der Waals surface area contributed by atoms with Gasteiger partial charge in [-0.2, -0.15) is 0 Å². The third-order valence-corrected chi connectivity index (χ3v) is 4.16. The monoisotopic (exact) mass is 275 g/mol. The summed E-state index contributed by atoms with van der Waals surface area (Å²) >= 11 is 1.81. The second-order valence-electron chi connectivity index (χ2n) is 4.46. The second-order valence-corrected chi connectivity index (χ2v) is 5.41. The van der Waals surface area contributed by atoms with Crippen LogP contribution >= 0.6 is 11.3 Å². The molecule has 1 aromatic carbocycles. The number of benzene rings is 1. The minimum atomic E-state index is 0.255. The maximum atomic E-state index is 5.60. The van der Waals surface area contributed by atoms with Crippen LogP contribution in [-0.2, 0) is 0 Å². The van der Waals surface area contributed by atoms with Gasteiger partial charge in [0.15, 0.2) is 0 Å². The molecular weight excluding hydrogens is 254 g/mol. The van der Waals surface area contributed by atoms with Crippen LogP contribution in [0.3, 0.4) is 0 Å². The van der Waals surface area contributed by atoms with Crippen molar-refractivity contribution in [2.75, 3.05) is 13.2 Å². The summed E-state index contributed by atoms with van der Waals surface area (Å²) in [7, 11) is 0. The standard InChI is InChI=1S/C16H21NOS/c1-4-17-15(16-12(3)9-10-19-16)13-7-6-8-14(11-13)18-5-2/h6-11,15,17H,4-5H2,1-3H3. The van der Waals surface area contributed by atoms with E-state index in [1.54, 1.807) is 0 Å². The first-order valence-electron chi connectivity index (χ1n) is 6.76. The van der Waals surface area contributed by atoms with E-state index >= 15 is 0 Å². The third-order valence-electron chi connectivity index (χ3n) is 3.07. The Morgan fingerprint density at radius 1 is 1.26 bits per heavy atom. The number of ether oxygens (including phenoxy) is 1. The highest BCUT2D eigenvalue weighted by molar-refractivity contribution is 7.10. The topological polar surface area (TPSA) is 21.3 Å². The first-order valence-corrected chi connectivity index (χ1v) is 7.64.